The minimum atomic E-state index is 0.324. The van der Waals surface area contributed by atoms with Crippen LogP contribution < -0.4 is 9.47 Å². The Morgan fingerprint density at radius 1 is 1.28 bits per heavy atom. The van der Waals surface area contributed by atoms with E-state index < -0.39 is 0 Å². The average molecular weight is 269 g/mol. The lowest BCUT2D eigenvalue weighted by molar-refractivity contribution is 0.125. The van der Waals surface area contributed by atoms with Crippen LogP contribution in [-0.2, 0) is 5.88 Å². The maximum Gasteiger partial charge on any atom is 0.161 e. The largest absolute Gasteiger partial charge is 0.493 e. The molecule has 3 heteroatoms. The van der Waals surface area contributed by atoms with E-state index >= 15 is 0 Å². The van der Waals surface area contributed by atoms with Gasteiger partial charge >= 0.3 is 0 Å². The molecule has 1 aliphatic rings. The Balaban J connectivity index is 2.08. The van der Waals surface area contributed by atoms with Crippen molar-refractivity contribution >= 4 is 11.6 Å². The van der Waals surface area contributed by atoms with Crippen molar-refractivity contribution in [1.82, 2.24) is 0 Å². The molecule has 0 heterocycles. The predicted octanol–water partition coefficient (Wildman–Crippen LogP) is 4.39. The van der Waals surface area contributed by atoms with Gasteiger partial charge in [0.1, 0.15) is 0 Å². The number of rotatable bonds is 4. The molecule has 2 rings (SSSR count). The van der Waals surface area contributed by atoms with Crippen molar-refractivity contribution in [3.63, 3.8) is 0 Å². The van der Waals surface area contributed by atoms with Crippen LogP contribution in [0.4, 0.5) is 0 Å². The molecule has 1 aliphatic carbocycles. The molecule has 0 amide bonds. The topological polar surface area (TPSA) is 18.5 Å². The summed E-state index contributed by atoms with van der Waals surface area (Å²) in [5.41, 5.74) is 1.05. The van der Waals surface area contributed by atoms with Crippen LogP contribution in [0.25, 0.3) is 0 Å². The first-order valence-electron chi connectivity index (χ1n) is 6.62. The predicted molar refractivity (Wildman–Crippen MR) is 74.6 cm³/mol. The summed E-state index contributed by atoms with van der Waals surface area (Å²) >= 11 is 5.82. The van der Waals surface area contributed by atoms with Gasteiger partial charge in [0.15, 0.2) is 11.5 Å². The van der Waals surface area contributed by atoms with Crippen LogP contribution in [0.15, 0.2) is 18.2 Å². The molecular weight excluding hydrogens is 248 g/mol. The standard InChI is InChI=1S/C15H21ClO2/c1-11-4-3-5-13(8-11)18-14-7-6-12(10-16)9-15(14)17-2/h6-7,9,11,13H,3-5,8,10H2,1-2H3. The molecule has 100 valence electrons. The van der Waals surface area contributed by atoms with Crippen LogP contribution in [0.5, 0.6) is 11.5 Å². The Kier molecular flexibility index (Phi) is 4.76. The molecule has 2 nitrogen and oxygen atoms in total. The molecule has 0 radical (unpaired) electrons. The van der Waals surface area contributed by atoms with E-state index in [9.17, 15) is 0 Å². The lowest BCUT2D eigenvalue weighted by Crippen LogP contribution is -2.24. The Labute approximate surface area is 114 Å². The van der Waals surface area contributed by atoms with Crippen molar-refractivity contribution in [2.24, 2.45) is 5.92 Å². The zero-order chi connectivity index (χ0) is 13.0. The fraction of sp³-hybridized carbons (Fsp3) is 0.600. The first-order valence-corrected chi connectivity index (χ1v) is 7.16. The Hall–Kier alpha value is -0.890. The molecule has 0 saturated heterocycles. The molecule has 0 spiro atoms. The molecule has 1 aromatic carbocycles. The first kappa shape index (κ1) is 13.5. The van der Waals surface area contributed by atoms with Gasteiger partial charge in [0.25, 0.3) is 0 Å². The van der Waals surface area contributed by atoms with E-state index in [1.165, 1.54) is 12.8 Å². The van der Waals surface area contributed by atoms with Crippen molar-refractivity contribution in [2.75, 3.05) is 7.11 Å². The molecule has 0 bridgehead atoms. The van der Waals surface area contributed by atoms with E-state index in [0.29, 0.717) is 12.0 Å². The van der Waals surface area contributed by atoms with Crippen LogP contribution in [0.1, 0.15) is 38.2 Å². The Morgan fingerprint density at radius 2 is 2.11 bits per heavy atom. The summed E-state index contributed by atoms with van der Waals surface area (Å²) in [5.74, 6) is 2.88. The quantitative estimate of drug-likeness (QED) is 0.754. The second-order valence-electron chi connectivity index (χ2n) is 5.13. The molecule has 18 heavy (non-hydrogen) atoms. The molecule has 1 aromatic rings. The molecule has 1 saturated carbocycles. The minimum Gasteiger partial charge on any atom is -0.493 e. The summed E-state index contributed by atoms with van der Waals surface area (Å²) in [4.78, 5) is 0. The highest BCUT2D eigenvalue weighted by molar-refractivity contribution is 6.17. The first-order chi connectivity index (χ1) is 8.72. The van der Waals surface area contributed by atoms with Crippen molar-refractivity contribution < 1.29 is 9.47 Å². The number of hydrogen-bond donors (Lipinski definition) is 0. The third-order valence-electron chi connectivity index (χ3n) is 3.56. The summed E-state index contributed by atoms with van der Waals surface area (Å²) in [6, 6.07) is 5.92. The smallest absolute Gasteiger partial charge is 0.161 e. The van der Waals surface area contributed by atoms with Gasteiger partial charge in [-0.05, 0) is 42.9 Å². The van der Waals surface area contributed by atoms with E-state index in [1.54, 1.807) is 7.11 Å². The van der Waals surface area contributed by atoms with Gasteiger partial charge in [-0.2, -0.15) is 0 Å². The van der Waals surface area contributed by atoms with Crippen LogP contribution in [0.3, 0.4) is 0 Å². The Morgan fingerprint density at radius 3 is 2.78 bits per heavy atom. The number of benzene rings is 1. The SMILES string of the molecule is COc1cc(CCl)ccc1OC1CCCC(C)C1. The van der Waals surface area contributed by atoms with Gasteiger partial charge < -0.3 is 9.47 Å². The van der Waals surface area contributed by atoms with Gasteiger partial charge in [0.05, 0.1) is 13.2 Å². The van der Waals surface area contributed by atoms with Crippen molar-refractivity contribution in [3.8, 4) is 11.5 Å². The molecule has 1 fully saturated rings. The maximum atomic E-state index is 6.08. The maximum absolute atomic E-state index is 6.08. The number of hydrogen-bond acceptors (Lipinski definition) is 2. The summed E-state index contributed by atoms with van der Waals surface area (Å²) in [5, 5.41) is 0. The zero-order valence-corrected chi connectivity index (χ0v) is 11.9. The summed E-state index contributed by atoms with van der Waals surface area (Å²) < 4.78 is 11.5. The molecular formula is C15H21ClO2. The molecule has 0 aliphatic heterocycles. The van der Waals surface area contributed by atoms with Crippen LogP contribution in [0, 0.1) is 5.92 Å². The number of alkyl halides is 1. The van der Waals surface area contributed by atoms with Gasteiger partial charge in [-0.25, -0.2) is 0 Å². The van der Waals surface area contributed by atoms with Gasteiger partial charge in [-0.1, -0.05) is 19.4 Å². The highest BCUT2D eigenvalue weighted by Crippen LogP contribution is 2.33. The molecule has 0 aromatic heterocycles. The number of halogens is 1. The third-order valence-corrected chi connectivity index (χ3v) is 3.87. The fourth-order valence-electron chi connectivity index (χ4n) is 2.56. The summed E-state index contributed by atoms with van der Waals surface area (Å²) in [7, 11) is 1.67. The van der Waals surface area contributed by atoms with Crippen LogP contribution in [0.2, 0.25) is 0 Å². The number of methoxy groups -OCH3 is 1. The second kappa shape index (κ2) is 6.33. The normalized spacial score (nSPS) is 23.7. The second-order valence-corrected chi connectivity index (χ2v) is 5.40. The highest BCUT2D eigenvalue weighted by atomic mass is 35.5. The monoisotopic (exact) mass is 268 g/mol. The van der Waals surface area contributed by atoms with Crippen molar-refractivity contribution in [2.45, 2.75) is 44.6 Å². The lowest BCUT2D eigenvalue weighted by atomic mass is 9.89. The van der Waals surface area contributed by atoms with E-state index in [0.717, 1.165) is 35.8 Å². The van der Waals surface area contributed by atoms with Gasteiger partial charge in [0.2, 0.25) is 0 Å². The lowest BCUT2D eigenvalue weighted by Gasteiger charge is -2.28. The number of ether oxygens (including phenoxy) is 2. The van der Waals surface area contributed by atoms with Crippen molar-refractivity contribution in [3.05, 3.63) is 23.8 Å². The minimum absolute atomic E-state index is 0.324. The van der Waals surface area contributed by atoms with Crippen LogP contribution >= 0.6 is 11.6 Å². The highest BCUT2D eigenvalue weighted by Gasteiger charge is 2.21. The summed E-state index contributed by atoms with van der Waals surface area (Å²) in [6.45, 7) is 2.29. The summed E-state index contributed by atoms with van der Waals surface area (Å²) in [6.07, 6.45) is 5.19. The average Bonchev–Trinajstić information content (AvgIpc) is 2.39. The third kappa shape index (κ3) is 3.32. The zero-order valence-electron chi connectivity index (χ0n) is 11.1. The van der Waals surface area contributed by atoms with Crippen LogP contribution in [-0.4, -0.2) is 13.2 Å². The van der Waals surface area contributed by atoms with E-state index in [1.807, 2.05) is 18.2 Å². The van der Waals surface area contributed by atoms with E-state index in [4.69, 9.17) is 21.1 Å². The fourth-order valence-corrected chi connectivity index (χ4v) is 2.72. The van der Waals surface area contributed by atoms with Gasteiger partial charge in [-0.15, -0.1) is 11.6 Å². The van der Waals surface area contributed by atoms with Gasteiger partial charge in [-0.3, -0.25) is 0 Å². The molecule has 0 N–H and O–H groups in total. The molecule has 2 unspecified atom stereocenters. The van der Waals surface area contributed by atoms with Gasteiger partial charge in [0, 0.05) is 5.88 Å². The Bertz CT molecular complexity index is 392. The molecule has 2 atom stereocenters. The van der Waals surface area contributed by atoms with Crippen molar-refractivity contribution in [1.29, 1.82) is 0 Å². The van der Waals surface area contributed by atoms with E-state index in [2.05, 4.69) is 6.92 Å². The van der Waals surface area contributed by atoms with E-state index in [-0.39, 0.29) is 0 Å².